The molecule has 5 atom stereocenters. The lowest BCUT2D eigenvalue weighted by atomic mass is 9.89. The summed E-state index contributed by atoms with van der Waals surface area (Å²) in [7, 11) is -3.96. The highest BCUT2D eigenvalue weighted by atomic mass is 35.5. The van der Waals surface area contributed by atoms with Crippen molar-refractivity contribution in [2.75, 3.05) is 6.61 Å². The van der Waals surface area contributed by atoms with Crippen LogP contribution in [0.5, 0.6) is 11.6 Å². The molecule has 2 aromatic carbocycles. The smallest absolute Gasteiger partial charge is 0.264 e. The van der Waals surface area contributed by atoms with Crippen LogP contribution in [-0.4, -0.2) is 47.7 Å². The first kappa shape index (κ1) is 20.7. The van der Waals surface area contributed by atoms with Gasteiger partial charge in [0.1, 0.15) is 11.9 Å². The van der Waals surface area contributed by atoms with Crippen LogP contribution in [0.2, 0.25) is 5.02 Å². The number of benzene rings is 2. The zero-order chi connectivity index (χ0) is 23.0. The molecule has 4 heterocycles. The number of hydrogen-bond donors (Lipinski definition) is 1. The molecule has 1 spiro atoms. The number of aliphatic hydroxyl groups is 1. The maximum Gasteiger partial charge on any atom is 0.264 e. The summed E-state index contributed by atoms with van der Waals surface area (Å²) < 4.78 is 50.4. The standard InChI is InChI=1S/C22H17ClN2O7S/c23-12-2-3-14-17(8-12)32-25-21(14)30-19-15-7-11(10-24)1-4-16(15)31-22(20(19)26)18-9-13(5-6-29-18)33(22,27)28/h1-4,7-8,13,18-20,26H,5-6,9H2/t13?,18?,19-,20+,22?/m1/s1. The molecule has 3 unspecified atom stereocenters. The van der Waals surface area contributed by atoms with Gasteiger partial charge in [-0.05, 0) is 48.3 Å². The molecule has 3 aromatic rings. The number of fused-ring (bicyclic) bond motifs is 5. The van der Waals surface area contributed by atoms with E-state index in [2.05, 4.69) is 5.16 Å². The molecule has 2 saturated heterocycles. The van der Waals surface area contributed by atoms with Crippen molar-refractivity contribution in [2.45, 2.75) is 41.3 Å². The molecule has 1 N–H and O–H groups in total. The van der Waals surface area contributed by atoms with Crippen molar-refractivity contribution in [1.29, 1.82) is 5.26 Å². The van der Waals surface area contributed by atoms with E-state index in [1.165, 1.54) is 18.2 Å². The van der Waals surface area contributed by atoms with E-state index in [1.807, 2.05) is 6.07 Å². The fraction of sp³-hybridized carbons (Fsp3) is 0.364. The second-order valence-corrected chi connectivity index (χ2v) is 11.2. The van der Waals surface area contributed by atoms with Gasteiger partial charge in [0.05, 0.1) is 22.3 Å². The van der Waals surface area contributed by atoms with Gasteiger partial charge >= 0.3 is 0 Å². The first-order chi connectivity index (χ1) is 15.8. The molecule has 0 amide bonds. The predicted octanol–water partition coefficient (Wildman–Crippen LogP) is 2.90. The Labute approximate surface area is 193 Å². The number of halogens is 1. The Balaban J connectivity index is 1.52. The van der Waals surface area contributed by atoms with Crippen LogP contribution >= 0.6 is 11.6 Å². The van der Waals surface area contributed by atoms with Crippen molar-refractivity contribution in [1.82, 2.24) is 5.16 Å². The maximum absolute atomic E-state index is 13.6. The number of aromatic nitrogens is 1. The van der Waals surface area contributed by atoms with Crippen molar-refractivity contribution in [3.05, 3.63) is 52.5 Å². The summed E-state index contributed by atoms with van der Waals surface area (Å²) in [6.45, 7) is 0.257. The molecule has 0 radical (unpaired) electrons. The van der Waals surface area contributed by atoms with Crippen LogP contribution in [-0.2, 0) is 14.6 Å². The zero-order valence-electron chi connectivity index (χ0n) is 17.0. The van der Waals surface area contributed by atoms with Gasteiger partial charge in [0.2, 0.25) is 0 Å². The Morgan fingerprint density at radius 2 is 2.12 bits per heavy atom. The van der Waals surface area contributed by atoms with Gasteiger partial charge < -0.3 is 23.8 Å². The summed E-state index contributed by atoms with van der Waals surface area (Å²) in [6.07, 6.45) is -3.18. The molecule has 2 fully saturated rings. The van der Waals surface area contributed by atoms with Crippen molar-refractivity contribution < 1.29 is 32.3 Å². The number of rotatable bonds is 2. The van der Waals surface area contributed by atoms with Crippen molar-refractivity contribution >= 4 is 32.4 Å². The van der Waals surface area contributed by atoms with E-state index in [0.29, 0.717) is 33.5 Å². The Morgan fingerprint density at radius 1 is 1.27 bits per heavy atom. The molecule has 0 aliphatic carbocycles. The minimum Gasteiger partial charge on any atom is -0.465 e. The number of ether oxygens (including phenoxy) is 3. The summed E-state index contributed by atoms with van der Waals surface area (Å²) in [5.74, 6) is 0.246. The summed E-state index contributed by atoms with van der Waals surface area (Å²) in [5, 5.41) is 25.1. The zero-order valence-corrected chi connectivity index (χ0v) is 18.5. The van der Waals surface area contributed by atoms with Gasteiger partial charge in [-0.2, -0.15) is 5.26 Å². The molecule has 2 bridgehead atoms. The molecular weight excluding hydrogens is 472 g/mol. The molecule has 0 saturated carbocycles. The number of nitriles is 1. The van der Waals surface area contributed by atoms with Crippen LogP contribution in [0.15, 0.2) is 40.9 Å². The van der Waals surface area contributed by atoms with Crippen LogP contribution in [0.1, 0.15) is 30.1 Å². The molecule has 3 aliphatic heterocycles. The lowest BCUT2D eigenvalue weighted by Gasteiger charge is -2.44. The Hall–Kier alpha value is -2.84. The molecule has 33 heavy (non-hydrogen) atoms. The molecule has 3 aliphatic rings. The monoisotopic (exact) mass is 488 g/mol. The lowest BCUT2D eigenvalue weighted by Crippen LogP contribution is -2.63. The summed E-state index contributed by atoms with van der Waals surface area (Å²) in [4.78, 5) is -2.04. The predicted molar refractivity (Wildman–Crippen MR) is 115 cm³/mol. The van der Waals surface area contributed by atoms with E-state index in [0.717, 1.165) is 0 Å². The first-order valence-corrected chi connectivity index (χ1v) is 12.3. The quantitative estimate of drug-likeness (QED) is 0.578. The molecule has 6 rings (SSSR count). The minimum absolute atomic E-state index is 0.0513. The molecule has 1 aromatic heterocycles. The van der Waals surface area contributed by atoms with Gasteiger partial charge in [0.15, 0.2) is 27.6 Å². The van der Waals surface area contributed by atoms with Crippen molar-refractivity contribution in [3.8, 4) is 17.7 Å². The van der Waals surface area contributed by atoms with E-state index in [-0.39, 0.29) is 24.7 Å². The lowest BCUT2D eigenvalue weighted by molar-refractivity contribution is -0.143. The molecule has 9 nitrogen and oxygen atoms in total. The summed E-state index contributed by atoms with van der Waals surface area (Å²) in [6, 6.07) is 11.4. The van der Waals surface area contributed by atoms with Gasteiger partial charge in [-0.15, -0.1) is 0 Å². The Morgan fingerprint density at radius 3 is 2.91 bits per heavy atom. The average molecular weight is 489 g/mol. The number of hydrogen-bond acceptors (Lipinski definition) is 9. The highest BCUT2D eigenvalue weighted by Crippen LogP contribution is 2.54. The Kier molecular flexibility index (Phi) is 4.45. The van der Waals surface area contributed by atoms with Gasteiger partial charge in [-0.1, -0.05) is 11.6 Å². The van der Waals surface area contributed by atoms with E-state index in [9.17, 15) is 18.8 Å². The fourth-order valence-corrected chi connectivity index (χ4v) is 7.74. The second-order valence-electron chi connectivity index (χ2n) is 8.35. The van der Waals surface area contributed by atoms with Crippen LogP contribution in [0.25, 0.3) is 11.0 Å². The topological polar surface area (TPSA) is 132 Å². The normalized spacial score (nSPS) is 31.7. The van der Waals surface area contributed by atoms with Gasteiger partial charge in [0, 0.05) is 23.3 Å². The van der Waals surface area contributed by atoms with E-state index in [1.54, 1.807) is 18.2 Å². The third-order valence-corrected chi connectivity index (χ3v) is 9.64. The largest absolute Gasteiger partial charge is 0.465 e. The average Bonchev–Trinajstić information content (AvgIpc) is 3.27. The van der Waals surface area contributed by atoms with Crippen molar-refractivity contribution in [3.63, 3.8) is 0 Å². The molecule has 170 valence electrons. The van der Waals surface area contributed by atoms with Gasteiger partial charge in [-0.3, -0.25) is 0 Å². The van der Waals surface area contributed by atoms with Gasteiger partial charge in [0.25, 0.3) is 10.8 Å². The number of aliphatic hydroxyl groups excluding tert-OH is 1. The summed E-state index contributed by atoms with van der Waals surface area (Å²) >= 11 is 6.01. The second kappa shape index (κ2) is 7.08. The number of nitrogens with zero attached hydrogens (tertiary/aromatic N) is 2. The first-order valence-electron chi connectivity index (χ1n) is 10.3. The Bertz CT molecular complexity index is 1430. The van der Waals surface area contributed by atoms with Crippen LogP contribution in [0, 0.1) is 11.3 Å². The van der Waals surface area contributed by atoms with Gasteiger partial charge in [-0.25, -0.2) is 8.42 Å². The SMILES string of the molecule is N#Cc1ccc2c(c1)[C@@H](Oc1noc3cc(Cl)ccc13)[C@H](O)C1(O2)C2CC(CCO2)S1(=O)=O. The third kappa shape index (κ3) is 2.77. The van der Waals surface area contributed by atoms with Crippen molar-refractivity contribution in [2.24, 2.45) is 0 Å². The highest BCUT2D eigenvalue weighted by Gasteiger charge is 2.71. The third-order valence-electron chi connectivity index (χ3n) is 6.62. The summed E-state index contributed by atoms with van der Waals surface area (Å²) in [5.41, 5.74) is 0.997. The molecular formula is C22H17ClN2O7S. The van der Waals surface area contributed by atoms with E-state index in [4.69, 9.17) is 30.3 Å². The minimum atomic E-state index is -3.96. The van der Waals surface area contributed by atoms with E-state index < -0.39 is 38.3 Å². The fourth-order valence-electron chi connectivity index (χ4n) is 5.02. The van der Waals surface area contributed by atoms with Crippen LogP contribution in [0.4, 0.5) is 0 Å². The van der Waals surface area contributed by atoms with Crippen LogP contribution < -0.4 is 9.47 Å². The van der Waals surface area contributed by atoms with E-state index >= 15 is 0 Å². The molecule has 11 heteroatoms. The van der Waals surface area contributed by atoms with Crippen LogP contribution in [0.3, 0.4) is 0 Å². The highest BCUT2D eigenvalue weighted by molar-refractivity contribution is 7.93. The maximum atomic E-state index is 13.6. The number of sulfone groups is 1.